The SMILES string of the molecule is Cc1nc2cc3c(cc2n1-c1ccccc1)C1CNCC31. The molecular weight excluding hydrogens is 258 g/mol. The Kier molecular flexibility index (Phi) is 2.17. The second kappa shape index (κ2) is 3.95. The van der Waals surface area contributed by atoms with Crippen molar-refractivity contribution in [1.82, 2.24) is 14.9 Å². The number of hydrogen-bond donors (Lipinski definition) is 1. The molecule has 1 saturated heterocycles. The first kappa shape index (κ1) is 11.5. The molecule has 3 nitrogen and oxygen atoms in total. The Labute approximate surface area is 123 Å². The van der Waals surface area contributed by atoms with Gasteiger partial charge in [-0.1, -0.05) is 18.2 Å². The van der Waals surface area contributed by atoms with E-state index in [1.165, 1.54) is 22.3 Å². The van der Waals surface area contributed by atoms with Gasteiger partial charge in [-0.25, -0.2) is 4.98 Å². The molecule has 5 rings (SSSR count). The van der Waals surface area contributed by atoms with Crippen LogP contribution in [0.25, 0.3) is 16.7 Å². The third kappa shape index (κ3) is 1.44. The maximum absolute atomic E-state index is 4.78. The number of rotatable bonds is 1. The highest BCUT2D eigenvalue weighted by Gasteiger charge is 2.41. The number of aryl methyl sites for hydroxylation is 1. The Bertz CT molecular complexity index is 848. The van der Waals surface area contributed by atoms with Gasteiger partial charge >= 0.3 is 0 Å². The van der Waals surface area contributed by atoms with Crippen molar-refractivity contribution in [2.24, 2.45) is 0 Å². The summed E-state index contributed by atoms with van der Waals surface area (Å²) in [5, 5.41) is 3.51. The second-order valence-corrected chi connectivity index (χ2v) is 6.17. The van der Waals surface area contributed by atoms with Crippen molar-refractivity contribution in [1.29, 1.82) is 0 Å². The fourth-order valence-electron chi connectivity index (χ4n) is 4.06. The number of benzene rings is 2. The molecule has 21 heavy (non-hydrogen) atoms. The van der Waals surface area contributed by atoms with Crippen LogP contribution in [0.4, 0.5) is 0 Å². The summed E-state index contributed by atoms with van der Waals surface area (Å²) in [6, 6.07) is 15.2. The monoisotopic (exact) mass is 275 g/mol. The predicted octanol–water partition coefficient (Wildman–Crippen LogP) is 3.12. The zero-order valence-electron chi connectivity index (χ0n) is 12.0. The second-order valence-electron chi connectivity index (χ2n) is 6.17. The van der Waals surface area contributed by atoms with E-state index < -0.39 is 0 Å². The van der Waals surface area contributed by atoms with Crippen molar-refractivity contribution in [2.75, 3.05) is 13.1 Å². The first-order chi connectivity index (χ1) is 10.3. The normalized spacial score (nSPS) is 22.9. The Hall–Kier alpha value is -2.13. The number of para-hydroxylation sites is 1. The van der Waals surface area contributed by atoms with E-state index in [9.17, 15) is 0 Å². The third-order valence-electron chi connectivity index (χ3n) is 5.05. The van der Waals surface area contributed by atoms with E-state index in [0.717, 1.165) is 24.4 Å². The van der Waals surface area contributed by atoms with Gasteiger partial charge in [-0.3, -0.25) is 4.57 Å². The Balaban J connectivity index is 1.77. The highest BCUT2D eigenvalue weighted by Crippen LogP contribution is 2.49. The number of nitrogens with zero attached hydrogens (tertiary/aromatic N) is 2. The van der Waals surface area contributed by atoms with Crippen molar-refractivity contribution in [3.05, 3.63) is 59.4 Å². The van der Waals surface area contributed by atoms with Crippen molar-refractivity contribution in [3.8, 4) is 5.69 Å². The van der Waals surface area contributed by atoms with Crippen LogP contribution in [-0.2, 0) is 0 Å². The van der Waals surface area contributed by atoms with E-state index >= 15 is 0 Å². The summed E-state index contributed by atoms with van der Waals surface area (Å²) in [6.07, 6.45) is 0. The molecule has 0 bridgehead atoms. The van der Waals surface area contributed by atoms with Crippen LogP contribution in [0.3, 0.4) is 0 Å². The van der Waals surface area contributed by atoms with Gasteiger partial charge in [0.05, 0.1) is 11.0 Å². The maximum Gasteiger partial charge on any atom is 0.111 e. The smallest absolute Gasteiger partial charge is 0.111 e. The van der Waals surface area contributed by atoms with Crippen molar-refractivity contribution in [2.45, 2.75) is 18.8 Å². The lowest BCUT2D eigenvalue weighted by molar-refractivity contribution is 0.581. The first-order valence-corrected chi connectivity index (χ1v) is 7.62. The Morgan fingerprint density at radius 3 is 2.52 bits per heavy atom. The lowest BCUT2D eigenvalue weighted by Gasteiger charge is -2.33. The molecule has 1 aromatic heterocycles. The molecule has 3 aromatic rings. The van der Waals surface area contributed by atoms with E-state index in [0.29, 0.717) is 11.8 Å². The molecule has 2 unspecified atom stereocenters. The minimum absolute atomic E-state index is 0.712. The van der Waals surface area contributed by atoms with Gasteiger partial charge in [0.2, 0.25) is 0 Å². The van der Waals surface area contributed by atoms with E-state index in [2.05, 4.69) is 59.3 Å². The van der Waals surface area contributed by atoms with Crippen LogP contribution in [0.2, 0.25) is 0 Å². The molecular formula is C18H17N3. The van der Waals surface area contributed by atoms with Crippen LogP contribution in [-0.4, -0.2) is 22.6 Å². The van der Waals surface area contributed by atoms with Crippen LogP contribution < -0.4 is 5.32 Å². The molecule has 1 aliphatic carbocycles. The summed E-state index contributed by atoms with van der Waals surface area (Å²) in [7, 11) is 0. The summed E-state index contributed by atoms with van der Waals surface area (Å²) in [5.41, 5.74) is 6.59. The van der Waals surface area contributed by atoms with Crippen LogP contribution in [0.5, 0.6) is 0 Å². The standard InChI is InChI=1S/C18H17N3/c1-11-20-17-7-13-14(16-10-19-9-15(13)16)8-18(17)21(11)12-5-3-2-4-6-12/h2-8,15-16,19H,9-10H2,1H3. The number of aromatic nitrogens is 2. The number of nitrogens with one attached hydrogen (secondary N) is 1. The van der Waals surface area contributed by atoms with E-state index in [1.54, 1.807) is 0 Å². The zero-order valence-corrected chi connectivity index (χ0v) is 12.0. The predicted molar refractivity (Wildman–Crippen MR) is 84.2 cm³/mol. The average Bonchev–Trinajstić information content (AvgIpc) is 3.05. The quantitative estimate of drug-likeness (QED) is 0.739. The van der Waals surface area contributed by atoms with Crippen molar-refractivity contribution >= 4 is 11.0 Å². The molecule has 0 amide bonds. The summed E-state index contributed by atoms with van der Waals surface area (Å²) < 4.78 is 2.27. The summed E-state index contributed by atoms with van der Waals surface area (Å²) in [5.74, 6) is 2.49. The molecule has 1 fully saturated rings. The fraction of sp³-hybridized carbons (Fsp3) is 0.278. The van der Waals surface area contributed by atoms with Gasteiger partial charge in [-0.05, 0) is 42.3 Å². The Morgan fingerprint density at radius 2 is 1.76 bits per heavy atom. The maximum atomic E-state index is 4.78. The molecule has 2 atom stereocenters. The van der Waals surface area contributed by atoms with Gasteiger partial charge < -0.3 is 5.32 Å². The van der Waals surface area contributed by atoms with Gasteiger partial charge in [-0.15, -0.1) is 0 Å². The van der Waals surface area contributed by atoms with E-state index in [4.69, 9.17) is 4.98 Å². The molecule has 104 valence electrons. The Morgan fingerprint density at radius 1 is 1.05 bits per heavy atom. The minimum atomic E-state index is 0.712. The molecule has 2 aromatic carbocycles. The van der Waals surface area contributed by atoms with Crippen molar-refractivity contribution in [3.63, 3.8) is 0 Å². The van der Waals surface area contributed by atoms with Gasteiger partial charge in [-0.2, -0.15) is 0 Å². The van der Waals surface area contributed by atoms with Crippen LogP contribution in [0.1, 0.15) is 28.8 Å². The lowest BCUT2D eigenvalue weighted by Crippen LogP contribution is -2.22. The van der Waals surface area contributed by atoms with Crippen LogP contribution in [0.15, 0.2) is 42.5 Å². The molecule has 0 spiro atoms. The molecule has 2 aliphatic rings. The topological polar surface area (TPSA) is 29.9 Å². The highest BCUT2D eigenvalue weighted by atomic mass is 15.1. The molecule has 0 saturated carbocycles. The van der Waals surface area contributed by atoms with Gasteiger partial charge in [0.1, 0.15) is 5.82 Å². The van der Waals surface area contributed by atoms with Crippen LogP contribution in [0, 0.1) is 6.92 Å². The fourth-order valence-corrected chi connectivity index (χ4v) is 4.06. The number of imidazole rings is 1. The minimum Gasteiger partial charge on any atom is -0.315 e. The van der Waals surface area contributed by atoms with Gasteiger partial charge in [0, 0.05) is 30.6 Å². The van der Waals surface area contributed by atoms with Gasteiger partial charge in [0.15, 0.2) is 0 Å². The van der Waals surface area contributed by atoms with E-state index in [1.807, 2.05) is 0 Å². The molecule has 1 aliphatic heterocycles. The number of fused-ring (bicyclic) bond motifs is 5. The molecule has 2 heterocycles. The van der Waals surface area contributed by atoms with Gasteiger partial charge in [0.25, 0.3) is 0 Å². The number of hydrogen-bond acceptors (Lipinski definition) is 2. The molecule has 1 N–H and O–H groups in total. The summed E-state index contributed by atoms with van der Waals surface area (Å²) in [6.45, 7) is 4.34. The zero-order chi connectivity index (χ0) is 14.0. The first-order valence-electron chi connectivity index (χ1n) is 7.62. The molecule has 0 radical (unpaired) electrons. The van der Waals surface area contributed by atoms with E-state index in [-0.39, 0.29) is 0 Å². The largest absolute Gasteiger partial charge is 0.315 e. The third-order valence-corrected chi connectivity index (χ3v) is 5.05. The molecule has 3 heteroatoms. The summed E-state index contributed by atoms with van der Waals surface area (Å²) in [4.78, 5) is 4.78. The van der Waals surface area contributed by atoms with Crippen LogP contribution >= 0.6 is 0 Å². The average molecular weight is 275 g/mol. The lowest BCUT2D eigenvalue weighted by atomic mass is 9.70. The summed E-state index contributed by atoms with van der Waals surface area (Å²) >= 11 is 0. The highest BCUT2D eigenvalue weighted by molar-refractivity contribution is 5.82. The van der Waals surface area contributed by atoms with Crippen molar-refractivity contribution < 1.29 is 0 Å².